The van der Waals surface area contributed by atoms with Crippen molar-refractivity contribution in [2.24, 2.45) is 12.1 Å². The number of carbonyl (C=O) groups excluding carboxylic acids is 1. The van der Waals surface area contributed by atoms with Gasteiger partial charge >= 0.3 is 5.97 Å². The van der Waals surface area contributed by atoms with Crippen molar-refractivity contribution < 1.29 is 24.5 Å². The van der Waals surface area contributed by atoms with E-state index in [0.29, 0.717) is 22.2 Å². The standard InChI is InChI=1S/C23H19N3O5/c1-26-19-8-7-15(31-2)9-14(19)11-20(26)22(28)25-24-12-18-16-6-4-3-5-13(16)10-17(21(18)27)23(29)30/h3-12,27H,1-2H3,(H,25,28)(H,29,30)/b24-12-. The number of aromatic nitrogens is 1. The summed E-state index contributed by atoms with van der Waals surface area (Å²) in [5.41, 5.74) is 3.64. The van der Waals surface area contributed by atoms with Crippen molar-refractivity contribution in [1.82, 2.24) is 9.99 Å². The number of aromatic hydroxyl groups is 1. The zero-order valence-corrected chi connectivity index (χ0v) is 16.8. The van der Waals surface area contributed by atoms with Crippen molar-refractivity contribution in [3.8, 4) is 11.5 Å². The average Bonchev–Trinajstić information content (AvgIpc) is 3.10. The molecule has 156 valence electrons. The highest BCUT2D eigenvalue weighted by Crippen LogP contribution is 2.30. The molecule has 31 heavy (non-hydrogen) atoms. The van der Waals surface area contributed by atoms with Crippen LogP contribution in [-0.4, -0.2) is 40.0 Å². The fourth-order valence-corrected chi connectivity index (χ4v) is 3.54. The number of aromatic carboxylic acids is 1. The smallest absolute Gasteiger partial charge is 0.339 e. The van der Waals surface area contributed by atoms with Crippen LogP contribution in [0.15, 0.2) is 59.7 Å². The zero-order valence-electron chi connectivity index (χ0n) is 16.8. The molecule has 8 nitrogen and oxygen atoms in total. The molecule has 4 rings (SSSR count). The van der Waals surface area contributed by atoms with Crippen LogP contribution in [0.3, 0.4) is 0 Å². The number of carboxylic acids is 1. The van der Waals surface area contributed by atoms with Crippen molar-refractivity contribution in [2.45, 2.75) is 0 Å². The highest BCUT2D eigenvalue weighted by Gasteiger charge is 2.17. The number of nitrogens with one attached hydrogen (secondary N) is 1. The van der Waals surface area contributed by atoms with E-state index in [9.17, 15) is 19.8 Å². The largest absolute Gasteiger partial charge is 0.506 e. The van der Waals surface area contributed by atoms with E-state index in [4.69, 9.17) is 4.74 Å². The number of methoxy groups -OCH3 is 1. The van der Waals surface area contributed by atoms with E-state index in [2.05, 4.69) is 10.5 Å². The van der Waals surface area contributed by atoms with Gasteiger partial charge in [0.1, 0.15) is 22.8 Å². The topological polar surface area (TPSA) is 113 Å². The SMILES string of the molecule is COc1ccc2c(c1)cc(C(=O)N/N=C\c1c(O)c(C(=O)O)cc3ccccc13)n2C. The second-order valence-electron chi connectivity index (χ2n) is 6.93. The van der Waals surface area contributed by atoms with Gasteiger partial charge in [-0.1, -0.05) is 24.3 Å². The first-order valence-electron chi connectivity index (χ1n) is 9.35. The molecule has 3 N–H and O–H groups in total. The third-order valence-electron chi connectivity index (χ3n) is 5.13. The number of rotatable bonds is 5. The Hall–Kier alpha value is -4.33. The van der Waals surface area contributed by atoms with Crippen LogP contribution in [0, 0.1) is 0 Å². The highest BCUT2D eigenvalue weighted by molar-refractivity contribution is 6.08. The molecule has 0 aliphatic rings. The summed E-state index contributed by atoms with van der Waals surface area (Å²) in [6, 6.07) is 15.6. The molecule has 0 atom stereocenters. The van der Waals surface area contributed by atoms with Gasteiger partial charge in [0.25, 0.3) is 5.91 Å². The summed E-state index contributed by atoms with van der Waals surface area (Å²) >= 11 is 0. The predicted octanol–water partition coefficient (Wildman–Crippen LogP) is 3.51. The van der Waals surface area contributed by atoms with Gasteiger partial charge in [0, 0.05) is 23.5 Å². The Balaban J connectivity index is 1.66. The number of ether oxygens (including phenoxy) is 1. The second kappa shape index (κ2) is 7.83. The third-order valence-corrected chi connectivity index (χ3v) is 5.13. The molecular formula is C23H19N3O5. The zero-order chi connectivity index (χ0) is 22.1. The van der Waals surface area contributed by atoms with Gasteiger partial charge in [0.15, 0.2) is 0 Å². The summed E-state index contributed by atoms with van der Waals surface area (Å²) in [5.74, 6) is -1.44. The number of hydrogen-bond acceptors (Lipinski definition) is 5. The van der Waals surface area contributed by atoms with Crippen LogP contribution in [0.2, 0.25) is 0 Å². The molecule has 0 aliphatic heterocycles. The summed E-state index contributed by atoms with van der Waals surface area (Å²) in [6.45, 7) is 0. The summed E-state index contributed by atoms with van der Waals surface area (Å²) < 4.78 is 6.95. The van der Waals surface area contributed by atoms with Crippen molar-refractivity contribution >= 4 is 39.8 Å². The third kappa shape index (κ3) is 3.55. The normalized spacial score (nSPS) is 11.3. The first-order valence-corrected chi connectivity index (χ1v) is 9.35. The van der Waals surface area contributed by atoms with Crippen molar-refractivity contribution in [2.75, 3.05) is 7.11 Å². The molecule has 4 aromatic rings. The minimum Gasteiger partial charge on any atom is -0.506 e. The molecule has 0 unspecified atom stereocenters. The van der Waals surface area contributed by atoms with Crippen LogP contribution in [0.4, 0.5) is 0 Å². The number of fused-ring (bicyclic) bond motifs is 2. The summed E-state index contributed by atoms with van der Waals surface area (Å²) in [5, 5.41) is 25.8. The Labute approximate surface area is 177 Å². The quantitative estimate of drug-likeness (QED) is 0.340. The number of carboxylic acid groups (broad SMARTS) is 1. The van der Waals surface area contributed by atoms with Gasteiger partial charge in [-0.05, 0) is 41.1 Å². The molecule has 0 saturated heterocycles. The van der Waals surface area contributed by atoms with Crippen molar-refractivity contribution in [3.63, 3.8) is 0 Å². The Bertz CT molecular complexity index is 1370. The number of nitrogens with zero attached hydrogens (tertiary/aromatic N) is 2. The Kier molecular flexibility index (Phi) is 5.04. The number of phenols is 1. The lowest BCUT2D eigenvalue weighted by Gasteiger charge is -2.08. The number of aryl methyl sites for hydroxylation is 1. The number of hydrogen-bond donors (Lipinski definition) is 3. The molecule has 0 bridgehead atoms. The molecule has 0 saturated carbocycles. The fourth-order valence-electron chi connectivity index (χ4n) is 3.54. The monoisotopic (exact) mass is 417 g/mol. The maximum absolute atomic E-state index is 12.7. The molecule has 1 amide bonds. The van der Waals surface area contributed by atoms with E-state index in [-0.39, 0.29) is 11.1 Å². The summed E-state index contributed by atoms with van der Waals surface area (Å²) in [4.78, 5) is 24.1. The van der Waals surface area contributed by atoms with E-state index in [1.54, 1.807) is 49.1 Å². The van der Waals surface area contributed by atoms with Gasteiger partial charge in [-0.25, -0.2) is 10.2 Å². The van der Waals surface area contributed by atoms with E-state index < -0.39 is 17.6 Å². The van der Waals surface area contributed by atoms with E-state index >= 15 is 0 Å². The van der Waals surface area contributed by atoms with Crippen LogP contribution in [0.5, 0.6) is 11.5 Å². The maximum Gasteiger partial charge on any atom is 0.339 e. The maximum atomic E-state index is 12.7. The predicted molar refractivity (Wildman–Crippen MR) is 117 cm³/mol. The minimum absolute atomic E-state index is 0.206. The van der Waals surface area contributed by atoms with Gasteiger partial charge in [0.2, 0.25) is 0 Å². The lowest BCUT2D eigenvalue weighted by Crippen LogP contribution is -2.20. The van der Waals surface area contributed by atoms with E-state index in [0.717, 1.165) is 10.9 Å². The Morgan fingerprint density at radius 2 is 1.87 bits per heavy atom. The molecule has 3 aromatic carbocycles. The van der Waals surface area contributed by atoms with Gasteiger partial charge in [-0.15, -0.1) is 0 Å². The van der Waals surface area contributed by atoms with Gasteiger partial charge in [-0.3, -0.25) is 4.79 Å². The molecular weight excluding hydrogens is 398 g/mol. The minimum atomic E-state index is -1.26. The van der Waals surface area contributed by atoms with Crippen LogP contribution >= 0.6 is 0 Å². The van der Waals surface area contributed by atoms with Gasteiger partial charge < -0.3 is 19.5 Å². The average molecular weight is 417 g/mol. The molecule has 0 radical (unpaired) electrons. The fraction of sp³-hybridized carbons (Fsp3) is 0.0870. The number of hydrazone groups is 1. The molecule has 0 spiro atoms. The van der Waals surface area contributed by atoms with Crippen LogP contribution in [-0.2, 0) is 7.05 Å². The van der Waals surface area contributed by atoms with Gasteiger partial charge in [0.05, 0.1) is 13.3 Å². The molecule has 0 fully saturated rings. The first kappa shape index (κ1) is 20.0. The van der Waals surface area contributed by atoms with Crippen molar-refractivity contribution in [1.29, 1.82) is 0 Å². The number of carbonyl (C=O) groups is 2. The Morgan fingerprint density at radius 3 is 2.61 bits per heavy atom. The van der Waals surface area contributed by atoms with Crippen molar-refractivity contribution in [3.05, 3.63) is 71.4 Å². The molecule has 1 heterocycles. The van der Waals surface area contributed by atoms with Gasteiger partial charge in [-0.2, -0.15) is 5.10 Å². The first-order chi connectivity index (χ1) is 14.9. The molecule has 8 heteroatoms. The summed E-state index contributed by atoms with van der Waals surface area (Å²) in [6.07, 6.45) is 1.24. The number of benzene rings is 3. The second-order valence-corrected chi connectivity index (χ2v) is 6.93. The molecule has 0 aliphatic carbocycles. The highest BCUT2D eigenvalue weighted by atomic mass is 16.5. The Morgan fingerprint density at radius 1 is 1.10 bits per heavy atom. The lowest BCUT2D eigenvalue weighted by molar-refractivity contribution is 0.0693. The van der Waals surface area contributed by atoms with E-state index in [1.165, 1.54) is 12.3 Å². The lowest BCUT2D eigenvalue weighted by atomic mass is 10.00. The number of amides is 1. The van der Waals surface area contributed by atoms with Crippen LogP contribution in [0.25, 0.3) is 21.7 Å². The summed E-state index contributed by atoms with van der Waals surface area (Å²) in [7, 11) is 3.34. The van der Waals surface area contributed by atoms with Crippen LogP contribution in [0.1, 0.15) is 26.4 Å². The van der Waals surface area contributed by atoms with E-state index in [1.807, 2.05) is 18.2 Å². The van der Waals surface area contributed by atoms with Crippen LogP contribution < -0.4 is 10.2 Å². The molecule has 1 aromatic heterocycles.